The van der Waals surface area contributed by atoms with Gasteiger partial charge in [-0.3, -0.25) is 20.4 Å². The summed E-state index contributed by atoms with van der Waals surface area (Å²) >= 11 is 6.15. The number of hydroxylamine groups is 1. The smallest absolute Gasteiger partial charge is 0.240 e. The minimum absolute atomic E-state index is 0.0888. The highest BCUT2D eigenvalue weighted by Crippen LogP contribution is 2.25. The number of rotatable bonds is 8. The standard InChI is InChI=1S/C22H25ClN6O3/c1-2-10-24-29(32)19-13-28(12-15-4-3-5-17-20(15)26-27-21(17)23)22(31)18(25-19)11-14-6-8-16(30)9-7-14/h2-9,18-19,24-25,30,32H,1,10-13H2,(H,26,27)/t18-,19-/m0/s1. The molecule has 0 bridgehead atoms. The average Bonchev–Trinajstić information content (AvgIpc) is 3.18. The number of piperazine rings is 1. The third kappa shape index (κ3) is 4.77. The van der Waals surface area contributed by atoms with Crippen molar-refractivity contribution >= 4 is 28.4 Å². The summed E-state index contributed by atoms with van der Waals surface area (Å²) in [6, 6.07) is 11.8. The third-order valence-corrected chi connectivity index (χ3v) is 5.75. The number of aromatic hydroxyl groups is 1. The van der Waals surface area contributed by atoms with E-state index in [-0.39, 0.29) is 18.2 Å². The van der Waals surface area contributed by atoms with E-state index in [1.54, 1.807) is 35.2 Å². The Hall–Kier alpha value is -2.95. The van der Waals surface area contributed by atoms with E-state index in [2.05, 4.69) is 27.5 Å². The van der Waals surface area contributed by atoms with Crippen molar-refractivity contribution < 1.29 is 15.1 Å². The molecule has 0 saturated carbocycles. The van der Waals surface area contributed by atoms with Gasteiger partial charge in [0.2, 0.25) is 5.91 Å². The molecule has 10 heteroatoms. The van der Waals surface area contributed by atoms with Crippen LogP contribution in [-0.2, 0) is 17.8 Å². The molecule has 0 spiro atoms. The van der Waals surface area contributed by atoms with Gasteiger partial charge in [0.1, 0.15) is 11.9 Å². The molecule has 9 nitrogen and oxygen atoms in total. The number of carbonyl (C=O) groups is 1. The summed E-state index contributed by atoms with van der Waals surface area (Å²) in [7, 11) is 0. The Bertz CT molecular complexity index is 1100. The lowest BCUT2D eigenvalue weighted by molar-refractivity contribution is -0.193. The van der Waals surface area contributed by atoms with E-state index in [1.807, 2.05) is 18.2 Å². The topological polar surface area (TPSA) is 117 Å². The quantitative estimate of drug-likeness (QED) is 0.260. The third-order valence-electron chi connectivity index (χ3n) is 5.47. The van der Waals surface area contributed by atoms with Crippen molar-refractivity contribution in [1.82, 2.24) is 31.0 Å². The summed E-state index contributed by atoms with van der Waals surface area (Å²) in [5, 5.41) is 32.4. The zero-order valence-electron chi connectivity index (χ0n) is 17.3. The molecule has 1 fully saturated rings. The van der Waals surface area contributed by atoms with Crippen LogP contribution in [0.4, 0.5) is 0 Å². The van der Waals surface area contributed by atoms with Gasteiger partial charge in [0.15, 0.2) is 5.15 Å². The Balaban J connectivity index is 1.59. The van der Waals surface area contributed by atoms with Crippen molar-refractivity contribution in [2.75, 3.05) is 13.1 Å². The monoisotopic (exact) mass is 456 g/mol. The number of nitrogens with zero attached hydrogens (tertiary/aromatic N) is 3. The predicted octanol–water partition coefficient (Wildman–Crippen LogP) is 2.17. The number of fused-ring (bicyclic) bond motifs is 1. The summed E-state index contributed by atoms with van der Waals surface area (Å²) in [5.74, 6) is 0.0757. The number of amides is 1. The first kappa shape index (κ1) is 22.3. The van der Waals surface area contributed by atoms with Crippen molar-refractivity contribution in [3.63, 3.8) is 0 Å². The van der Waals surface area contributed by atoms with Crippen molar-refractivity contribution in [2.24, 2.45) is 0 Å². The van der Waals surface area contributed by atoms with E-state index in [1.165, 1.54) is 0 Å². The second-order valence-corrected chi connectivity index (χ2v) is 8.03. The summed E-state index contributed by atoms with van der Waals surface area (Å²) in [6.45, 7) is 4.60. The van der Waals surface area contributed by atoms with Crippen molar-refractivity contribution in [3.8, 4) is 5.75 Å². The summed E-state index contributed by atoms with van der Waals surface area (Å²) in [5.41, 5.74) is 5.38. The largest absolute Gasteiger partial charge is 0.508 e. The van der Waals surface area contributed by atoms with Crippen LogP contribution in [0.15, 0.2) is 55.1 Å². The predicted molar refractivity (Wildman–Crippen MR) is 121 cm³/mol. The summed E-state index contributed by atoms with van der Waals surface area (Å²) < 4.78 is 0. The van der Waals surface area contributed by atoms with E-state index in [0.717, 1.165) is 27.2 Å². The molecule has 0 aliphatic carbocycles. The molecular formula is C22H25ClN6O3. The van der Waals surface area contributed by atoms with Crippen LogP contribution in [0, 0.1) is 0 Å². The van der Waals surface area contributed by atoms with Crippen molar-refractivity contribution in [3.05, 3.63) is 71.4 Å². The molecule has 5 N–H and O–H groups in total. The fraction of sp³-hybridized carbons (Fsp3) is 0.273. The van der Waals surface area contributed by atoms with E-state index in [9.17, 15) is 15.1 Å². The number of hydrogen-bond donors (Lipinski definition) is 5. The number of aromatic amines is 1. The summed E-state index contributed by atoms with van der Waals surface area (Å²) in [4.78, 5) is 15.1. The molecule has 32 heavy (non-hydrogen) atoms. The first-order chi connectivity index (χ1) is 15.5. The van der Waals surface area contributed by atoms with Gasteiger partial charge in [0.05, 0.1) is 18.1 Å². The maximum Gasteiger partial charge on any atom is 0.240 e. The normalized spacial score (nSPS) is 19.1. The van der Waals surface area contributed by atoms with Crippen molar-refractivity contribution in [2.45, 2.75) is 25.2 Å². The van der Waals surface area contributed by atoms with Gasteiger partial charge >= 0.3 is 0 Å². The number of hydrazine groups is 1. The first-order valence-corrected chi connectivity index (χ1v) is 10.6. The number of carbonyl (C=O) groups excluding carboxylic acids is 1. The molecule has 0 unspecified atom stereocenters. The second-order valence-electron chi connectivity index (χ2n) is 7.67. The van der Waals surface area contributed by atoms with E-state index < -0.39 is 12.2 Å². The fourth-order valence-corrected chi connectivity index (χ4v) is 4.05. The average molecular weight is 457 g/mol. The highest BCUT2D eigenvalue weighted by molar-refractivity contribution is 6.34. The van der Waals surface area contributed by atoms with Crippen LogP contribution in [-0.4, -0.2) is 61.8 Å². The van der Waals surface area contributed by atoms with Gasteiger partial charge in [-0.1, -0.05) is 41.9 Å². The maximum atomic E-state index is 13.4. The molecule has 1 amide bonds. The van der Waals surface area contributed by atoms with Crippen LogP contribution in [0.3, 0.4) is 0 Å². The first-order valence-electron chi connectivity index (χ1n) is 10.2. The number of halogens is 1. The second kappa shape index (κ2) is 9.68. The number of benzene rings is 2. The molecule has 2 heterocycles. The number of phenolic OH excluding ortho intramolecular Hbond substituents is 1. The fourth-order valence-electron chi connectivity index (χ4n) is 3.85. The minimum Gasteiger partial charge on any atom is -0.508 e. The summed E-state index contributed by atoms with van der Waals surface area (Å²) in [6.07, 6.45) is 1.49. The van der Waals surface area contributed by atoms with Gasteiger partial charge in [0.25, 0.3) is 0 Å². The number of H-pyrrole nitrogens is 1. The van der Waals surface area contributed by atoms with Crippen molar-refractivity contribution in [1.29, 1.82) is 0 Å². The highest BCUT2D eigenvalue weighted by Gasteiger charge is 2.36. The lowest BCUT2D eigenvalue weighted by atomic mass is 10.0. The van der Waals surface area contributed by atoms with Gasteiger partial charge in [0, 0.05) is 18.5 Å². The van der Waals surface area contributed by atoms with E-state index >= 15 is 0 Å². The van der Waals surface area contributed by atoms with Crippen LogP contribution in [0.1, 0.15) is 11.1 Å². The van der Waals surface area contributed by atoms with E-state index in [4.69, 9.17) is 11.6 Å². The molecule has 3 aromatic rings. The van der Waals surface area contributed by atoms with E-state index in [0.29, 0.717) is 24.7 Å². The highest BCUT2D eigenvalue weighted by atomic mass is 35.5. The Labute approximate surface area is 190 Å². The molecule has 1 aliphatic heterocycles. The Morgan fingerprint density at radius 2 is 2.09 bits per heavy atom. The molecular weight excluding hydrogens is 432 g/mol. The molecule has 2 aromatic carbocycles. The van der Waals surface area contributed by atoms with Crippen LogP contribution in [0.5, 0.6) is 5.75 Å². The number of aromatic nitrogens is 2. The Kier molecular flexibility index (Phi) is 6.73. The molecule has 2 atom stereocenters. The Morgan fingerprint density at radius 3 is 2.84 bits per heavy atom. The van der Waals surface area contributed by atoms with Gasteiger partial charge in [-0.05, 0) is 35.7 Å². The molecule has 1 saturated heterocycles. The SMILES string of the molecule is C=CCNN(O)[C@H]1CN(Cc2cccc3c(Cl)n[nH]c23)C(=O)[C@H](Cc2ccc(O)cc2)N1. The van der Waals surface area contributed by atoms with Crippen LogP contribution >= 0.6 is 11.6 Å². The number of nitrogens with one attached hydrogen (secondary N) is 3. The number of phenols is 1. The molecule has 0 radical (unpaired) electrons. The molecule has 168 valence electrons. The Morgan fingerprint density at radius 1 is 1.31 bits per heavy atom. The number of para-hydroxylation sites is 1. The zero-order valence-corrected chi connectivity index (χ0v) is 18.1. The maximum absolute atomic E-state index is 13.4. The zero-order chi connectivity index (χ0) is 22.7. The van der Waals surface area contributed by atoms with Gasteiger partial charge in [-0.25, -0.2) is 5.43 Å². The molecule has 4 rings (SSSR count). The lowest BCUT2D eigenvalue weighted by Crippen LogP contribution is -2.66. The number of hydrogen-bond acceptors (Lipinski definition) is 7. The van der Waals surface area contributed by atoms with Gasteiger partial charge in [-0.15, -0.1) is 11.8 Å². The molecule has 1 aliphatic rings. The van der Waals surface area contributed by atoms with Gasteiger partial charge in [-0.2, -0.15) is 5.10 Å². The molecule has 1 aromatic heterocycles. The van der Waals surface area contributed by atoms with Crippen LogP contribution < -0.4 is 10.7 Å². The van der Waals surface area contributed by atoms with Crippen LogP contribution in [0.2, 0.25) is 5.15 Å². The van der Waals surface area contributed by atoms with Crippen LogP contribution in [0.25, 0.3) is 10.9 Å². The van der Waals surface area contributed by atoms with Gasteiger partial charge < -0.3 is 10.0 Å². The lowest BCUT2D eigenvalue weighted by Gasteiger charge is -2.41. The minimum atomic E-state index is -0.567.